The second-order valence-corrected chi connectivity index (χ2v) is 8.25. The normalized spacial score (nSPS) is 25.3. The number of hydrogen-bond acceptors (Lipinski definition) is 4. The van der Waals surface area contributed by atoms with Crippen molar-refractivity contribution in [2.45, 2.75) is 52.3 Å². The molecule has 2 aromatic rings. The van der Waals surface area contributed by atoms with Gasteiger partial charge in [0.15, 0.2) is 5.96 Å². The van der Waals surface area contributed by atoms with Gasteiger partial charge in [-0.1, -0.05) is 26.0 Å². The standard InChI is InChI=1S/C21H30N6O.HI/c1-4-23-20(26-18-17-9-6-10-28-19(17)21(18,2)3)24-12-15-7-5-8-16(11-15)27-14-22-13-25-27;/h5,7-8,11,13-14,17-19H,4,6,9-10,12H2,1-3H3,(H2,23,24,26);1H. The summed E-state index contributed by atoms with van der Waals surface area (Å²) >= 11 is 0. The number of guanidine groups is 1. The van der Waals surface area contributed by atoms with E-state index < -0.39 is 0 Å². The summed E-state index contributed by atoms with van der Waals surface area (Å²) in [6.45, 7) is 9.03. The number of ether oxygens (including phenoxy) is 1. The molecular formula is C21H31IN6O. The first-order valence-electron chi connectivity index (χ1n) is 10.2. The molecule has 8 heteroatoms. The van der Waals surface area contributed by atoms with Crippen molar-refractivity contribution in [2.75, 3.05) is 13.2 Å². The van der Waals surface area contributed by atoms with E-state index in [1.165, 1.54) is 6.42 Å². The molecule has 1 aliphatic heterocycles. The molecule has 29 heavy (non-hydrogen) atoms. The van der Waals surface area contributed by atoms with Crippen molar-refractivity contribution in [1.82, 2.24) is 25.4 Å². The van der Waals surface area contributed by atoms with Crippen LogP contribution in [0.3, 0.4) is 0 Å². The predicted octanol–water partition coefficient (Wildman–Crippen LogP) is 3.14. The van der Waals surface area contributed by atoms with Gasteiger partial charge in [0.1, 0.15) is 12.7 Å². The zero-order valence-electron chi connectivity index (χ0n) is 17.3. The molecule has 3 unspecified atom stereocenters. The number of aliphatic imine (C=N–C) groups is 1. The lowest BCUT2D eigenvalue weighted by atomic mass is 9.55. The summed E-state index contributed by atoms with van der Waals surface area (Å²) in [5, 5.41) is 11.3. The topological polar surface area (TPSA) is 76.4 Å². The van der Waals surface area contributed by atoms with Gasteiger partial charge in [0.2, 0.25) is 0 Å². The maximum absolute atomic E-state index is 6.03. The van der Waals surface area contributed by atoms with Gasteiger partial charge < -0.3 is 15.4 Å². The van der Waals surface area contributed by atoms with Gasteiger partial charge in [-0.15, -0.1) is 24.0 Å². The monoisotopic (exact) mass is 510 g/mol. The Morgan fingerprint density at radius 3 is 3.00 bits per heavy atom. The molecule has 4 rings (SSSR count). The fourth-order valence-corrected chi connectivity index (χ4v) is 4.59. The zero-order chi connectivity index (χ0) is 19.6. The molecule has 0 radical (unpaired) electrons. The SMILES string of the molecule is CCNC(=NCc1cccc(-n2cncn2)c1)NC1C2CCCOC2C1(C)C.I. The third-order valence-corrected chi connectivity index (χ3v) is 5.98. The molecule has 158 valence electrons. The number of hydrogen-bond donors (Lipinski definition) is 2. The van der Waals surface area contributed by atoms with Crippen molar-refractivity contribution in [1.29, 1.82) is 0 Å². The molecule has 1 aromatic carbocycles. The average molecular weight is 510 g/mol. The summed E-state index contributed by atoms with van der Waals surface area (Å²) in [5.74, 6) is 1.44. The largest absolute Gasteiger partial charge is 0.377 e. The van der Waals surface area contributed by atoms with Gasteiger partial charge in [-0.2, -0.15) is 5.10 Å². The Hall–Kier alpha value is -1.68. The molecule has 2 N–H and O–H groups in total. The Morgan fingerprint density at radius 1 is 1.38 bits per heavy atom. The van der Waals surface area contributed by atoms with Crippen LogP contribution in [-0.4, -0.2) is 46.0 Å². The third-order valence-electron chi connectivity index (χ3n) is 5.98. The quantitative estimate of drug-likeness (QED) is 0.367. The average Bonchev–Trinajstić information content (AvgIpc) is 3.25. The summed E-state index contributed by atoms with van der Waals surface area (Å²) in [5.41, 5.74) is 2.25. The van der Waals surface area contributed by atoms with Crippen LogP contribution in [0, 0.1) is 11.3 Å². The molecule has 1 aliphatic carbocycles. The maximum Gasteiger partial charge on any atom is 0.191 e. The summed E-state index contributed by atoms with van der Waals surface area (Å²) < 4.78 is 7.79. The number of halogens is 1. The lowest BCUT2D eigenvalue weighted by Gasteiger charge is -2.60. The minimum absolute atomic E-state index is 0. The first-order chi connectivity index (χ1) is 13.6. The number of benzene rings is 1. The highest BCUT2D eigenvalue weighted by molar-refractivity contribution is 14.0. The molecule has 7 nitrogen and oxygen atoms in total. The minimum Gasteiger partial charge on any atom is -0.377 e. The number of nitrogens with one attached hydrogen (secondary N) is 2. The highest BCUT2D eigenvalue weighted by atomic mass is 127. The predicted molar refractivity (Wildman–Crippen MR) is 125 cm³/mol. The van der Waals surface area contributed by atoms with E-state index in [0.717, 1.165) is 36.8 Å². The molecular weight excluding hydrogens is 479 g/mol. The van der Waals surface area contributed by atoms with E-state index in [-0.39, 0.29) is 29.4 Å². The lowest BCUT2D eigenvalue weighted by molar-refractivity contribution is -0.188. The van der Waals surface area contributed by atoms with Crippen LogP contribution in [0.2, 0.25) is 0 Å². The Kier molecular flexibility index (Phi) is 7.15. The summed E-state index contributed by atoms with van der Waals surface area (Å²) in [7, 11) is 0. The van der Waals surface area contributed by atoms with Crippen LogP contribution >= 0.6 is 24.0 Å². The van der Waals surface area contributed by atoms with E-state index in [1.807, 2.05) is 12.1 Å². The van der Waals surface area contributed by atoms with E-state index in [9.17, 15) is 0 Å². The second-order valence-electron chi connectivity index (χ2n) is 8.25. The highest BCUT2D eigenvalue weighted by Gasteiger charge is 2.58. The maximum atomic E-state index is 6.03. The van der Waals surface area contributed by atoms with Crippen LogP contribution in [0.4, 0.5) is 0 Å². The van der Waals surface area contributed by atoms with E-state index in [0.29, 0.717) is 24.6 Å². The molecule has 1 aromatic heterocycles. The third kappa shape index (κ3) is 4.58. The smallest absolute Gasteiger partial charge is 0.191 e. The Bertz CT molecular complexity index is 822. The summed E-state index contributed by atoms with van der Waals surface area (Å²) in [6.07, 6.45) is 5.99. The first kappa shape index (κ1) is 22.0. The Balaban J connectivity index is 0.00000240. The number of fused-ring (bicyclic) bond motifs is 1. The van der Waals surface area contributed by atoms with Crippen molar-refractivity contribution in [3.63, 3.8) is 0 Å². The first-order valence-corrected chi connectivity index (χ1v) is 10.2. The molecule has 0 spiro atoms. The summed E-state index contributed by atoms with van der Waals surface area (Å²) in [6, 6.07) is 8.62. The fraction of sp³-hybridized carbons (Fsp3) is 0.571. The molecule has 1 saturated carbocycles. The van der Waals surface area contributed by atoms with Crippen LogP contribution in [0.25, 0.3) is 5.69 Å². The van der Waals surface area contributed by atoms with Gasteiger partial charge in [0.25, 0.3) is 0 Å². The van der Waals surface area contributed by atoms with Crippen molar-refractivity contribution in [3.05, 3.63) is 42.5 Å². The van der Waals surface area contributed by atoms with Crippen LogP contribution in [0.1, 0.15) is 39.2 Å². The second kappa shape index (κ2) is 9.42. The van der Waals surface area contributed by atoms with Crippen LogP contribution in [0.5, 0.6) is 0 Å². The van der Waals surface area contributed by atoms with Crippen LogP contribution in [0.15, 0.2) is 41.9 Å². The van der Waals surface area contributed by atoms with Gasteiger partial charge >= 0.3 is 0 Å². The molecule has 2 aliphatic rings. The molecule has 1 saturated heterocycles. The van der Waals surface area contributed by atoms with Crippen molar-refractivity contribution >= 4 is 29.9 Å². The number of rotatable bonds is 5. The van der Waals surface area contributed by atoms with Gasteiger partial charge in [-0.25, -0.2) is 14.7 Å². The molecule has 3 atom stereocenters. The molecule has 2 fully saturated rings. The minimum atomic E-state index is 0. The van der Waals surface area contributed by atoms with E-state index in [4.69, 9.17) is 9.73 Å². The van der Waals surface area contributed by atoms with Gasteiger partial charge in [0, 0.05) is 30.5 Å². The van der Waals surface area contributed by atoms with Gasteiger partial charge in [0.05, 0.1) is 18.3 Å². The van der Waals surface area contributed by atoms with Crippen molar-refractivity contribution < 1.29 is 4.74 Å². The highest BCUT2D eigenvalue weighted by Crippen LogP contribution is 2.51. The lowest BCUT2D eigenvalue weighted by Crippen LogP contribution is -2.71. The van der Waals surface area contributed by atoms with Gasteiger partial charge in [-0.3, -0.25) is 0 Å². The fourth-order valence-electron chi connectivity index (χ4n) is 4.59. The Morgan fingerprint density at radius 2 is 2.24 bits per heavy atom. The molecule has 2 heterocycles. The number of aromatic nitrogens is 3. The Labute approximate surface area is 189 Å². The van der Waals surface area contributed by atoms with Gasteiger partial charge in [-0.05, 0) is 37.5 Å². The van der Waals surface area contributed by atoms with Crippen molar-refractivity contribution in [3.8, 4) is 5.69 Å². The van der Waals surface area contributed by atoms with Crippen molar-refractivity contribution in [2.24, 2.45) is 16.3 Å². The molecule has 0 amide bonds. The van der Waals surface area contributed by atoms with E-state index >= 15 is 0 Å². The molecule has 0 bridgehead atoms. The van der Waals surface area contributed by atoms with E-state index in [1.54, 1.807) is 17.3 Å². The van der Waals surface area contributed by atoms with Crippen LogP contribution in [-0.2, 0) is 11.3 Å². The van der Waals surface area contributed by atoms with E-state index in [2.05, 4.69) is 53.6 Å². The number of nitrogens with zero attached hydrogens (tertiary/aromatic N) is 4. The summed E-state index contributed by atoms with van der Waals surface area (Å²) in [4.78, 5) is 8.86. The zero-order valence-corrected chi connectivity index (χ0v) is 19.7. The van der Waals surface area contributed by atoms with Crippen LogP contribution < -0.4 is 10.6 Å².